The number of sulfonamides is 1. The van der Waals surface area contributed by atoms with Crippen molar-refractivity contribution in [3.8, 4) is 11.1 Å². The molecule has 1 amide bonds. The largest absolute Gasteiger partial charge is 0.311 e. The number of carbonyl (C=O) groups is 2. The Morgan fingerprint density at radius 2 is 1.81 bits per heavy atom. The highest BCUT2D eigenvalue weighted by atomic mass is 35.5. The molecule has 0 spiro atoms. The van der Waals surface area contributed by atoms with E-state index in [0.29, 0.717) is 35.0 Å². The highest BCUT2D eigenvalue weighted by Gasteiger charge is 2.33. The number of piperidine rings is 1. The van der Waals surface area contributed by atoms with E-state index in [4.69, 9.17) is 11.6 Å². The van der Waals surface area contributed by atoms with Crippen molar-refractivity contribution >= 4 is 50.8 Å². The second kappa shape index (κ2) is 8.92. The quantitative estimate of drug-likeness (QED) is 0.538. The Kier molecular flexibility index (Phi) is 6.24. The fourth-order valence-electron chi connectivity index (χ4n) is 3.61. The van der Waals surface area contributed by atoms with Gasteiger partial charge in [0.2, 0.25) is 5.91 Å². The minimum absolute atomic E-state index is 0.0839. The first-order valence-electron chi connectivity index (χ1n) is 9.63. The number of aldehydes is 1. The summed E-state index contributed by atoms with van der Waals surface area (Å²) < 4.78 is 28.2. The lowest BCUT2D eigenvalue weighted by Gasteiger charge is -2.32. The molecular formula is C22H19ClN2O4S2. The van der Waals surface area contributed by atoms with E-state index in [1.165, 1.54) is 12.1 Å². The first-order valence-corrected chi connectivity index (χ1v) is 12.3. The van der Waals surface area contributed by atoms with E-state index in [1.807, 2.05) is 36.4 Å². The summed E-state index contributed by atoms with van der Waals surface area (Å²) in [6, 6.07) is 16.7. The van der Waals surface area contributed by atoms with Gasteiger partial charge in [0.1, 0.15) is 10.3 Å². The average molecular weight is 475 g/mol. The zero-order valence-corrected chi connectivity index (χ0v) is 18.7. The summed E-state index contributed by atoms with van der Waals surface area (Å²) >= 11 is 6.80. The molecule has 1 aromatic heterocycles. The molecule has 0 bridgehead atoms. The molecule has 9 heteroatoms. The summed E-state index contributed by atoms with van der Waals surface area (Å²) in [5.74, 6) is -0.293. The average Bonchev–Trinajstić information content (AvgIpc) is 3.23. The van der Waals surface area contributed by atoms with Crippen LogP contribution in [-0.2, 0) is 14.8 Å². The van der Waals surface area contributed by atoms with Crippen LogP contribution in [0.4, 0.5) is 5.69 Å². The summed E-state index contributed by atoms with van der Waals surface area (Å²) in [6.45, 7) is 0.506. The summed E-state index contributed by atoms with van der Waals surface area (Å²) in [4.78, 5) is 25.9. The van der Waals surface area contributed by atoms with Crippen LogP contribution in [0.2, 0.25) is 4.34 Å². The van der Waals surface area contributed by atoms with Crippen molar-refractivity contribution in [1.82, 2.24) is 4.72 Å². The number of rotatable bonds is 6. The third kappa shape index (κ3) is 4.57. The molecule has 0 radical (unpaired) electrons. The first-order chi connectivity index (χ1) is 14.9. The van der Waals surface area contributed by atoms with Crippen molar-refractivity contribution in [2.75, 3.05) is 11.4 Å². The van der Waals surface area contributed by atoms with Gasteiger partial charge >= 0.3 is 0 Å². The van der Waals surface area contributed by atoms with Crippen LogP contribution < -0.4 is 9.62 Å². The third-order valence-corrected chi connectivity index (χ3v) is 8.32. The van der Waals surface area contributed by atoms with Gasteiger partial charge in [0.15, 0.2) is 6.29 Å². The second-order valence-electron chi connectivity index (χ2n) is 7.12. The molecule has 0 aliphatic carbocycles. The van der Waals surface area contributed by atoms with Gasteiger partial charge in [-0.2, -0.15) is 4.72 Å². The van der Waals surface area contributed by atoms with Crippen LogP contribution >= 0.6 is 22.9 Å². The smallest absolute Gasteiger partial charge is 0.250 e. The number of halogens is 1. The van der Waals surface area contributed by atoms with Crippen molar-refractivity contribution < 1.29 is 18.0 Å². The Morgan fingerprint density at radius 1 is 1.06 bits per heavy atom. The topological polar surface area (TPSA) is 83.6 Å². The van der Waals surface area contributed by atoms with Gasteiger partial charge in [-0.3, -0.25) is 9.59 Å². The molecule has 2 heterocycles. The highest BCUT2D eigenvalue weighted by molar-refractivity contribution is 7.91. The number of amides is 1. The van der Waals surface area contributed by atoms with Gasteiger partial charge in [-0.25, -0.2) is 8.42 Å². The Hall–Kier alpha value is -2.52. The number of thiophene rings is 1. The molecular weight excluding hydrogens is 456 g/mol. The number of hydrogen-bond acceptors (Lipinski definition) is 5. The fourth-order valence-corrected chi connectivity index (χ4v) is 6.34. The molecule has 1 aliphatic rings. The van der Waals surface area contributed by atoms with Crippen molar-refractivity contribution in [1.29, 1.82) is 0 Å². The molecule has 1 N–H and O–H groups in total. The van der Waals surface area contributed by atoms with Crippen LogP contribution in [-0.4, -0.2) is 33.2 Å². The maximum Gasteiger partial charge on any atom is 0.250 e. The maximum absolute atomic E-state index is 13.0. The van der Waals surface area contributed by atoms with Gasteiger partial charge in [-0.1, -0.05) is 48.0 Å². The lowest BCUT2D eigenvalue weighted by molar-refractivity contribution is -0.121. The molecule has 0 saturated carbocycles. The molecule has 3 aromatic rings. The second-order valence-corrected chi connectivity index (χ2v) is 10.8. The molecule has 4 rings (SSSR count). The summed E-state index contributed by atoms with van der Waals surface area (Å²) in [5.41, 5.74) is 2.95. The minimum atomic E-state index is -3.82. The maximum atomic E-state index is 13.0. The van der Waals surface area contributed by atoms with Crippen LogP contribution in [0.25, 0.3) is 11.1 Å². The van der Waals surface area contributed by atoms with Gasteiger partial charge in [0.25, 0.3) is 10.0 Å². The number of benzene rings is 2. The van der Waals surface area contributed by atoms with E-state index in [-0.39, 0.29) is 10.1 Å². The van der Waals surface area contributed by atoms with Crippen molar-refractivity contribution in [2.24, 2.45) is 0 Å². The molecule has 1 atom stereocenters. The summed E-state index contributed by atoms with van der Waals surface area (Å²) in [7, 11) is -3.82. The molecule has 31 heavy (non-hydrogen) atoms. The molecule has 6 nitrogen and oxygen atoms in total. The van der Waals surface area contributed by atoms with Crippen LogP contribution in [0.15, 0.2) is 64.9 Å². The fraction of sp³-hybridized carbons (Fsp3) is 0.182. The molecule has 2 aromatic carbocycles. The van der Waals surface area contributed by atoms with Gasteiger partial charge in [-0.15, -0.1) is 11.3 Å². The Bertz CT molecular complexity index is 1220. The number of anilines is 1. The lowest BCUT2D eigenvalue weighted by Crippen LogP contribution is -2.52. The van der Waals surface area contributed by atoms with Crippen molar-refractivity contribution in [2.45, 2.75) is 23.1 Å². The SMILES string of the molecule is O=Cc1ccccc1-c1ccc(N2CCCC(NS(=O)(=O)c3ccc(Cl)s3)C2=O)cc1. The first kappa shape index (κ1) is 21.7. The van der Waals surface area contributed by atoms with E-state index in [0.717, 1.165) is 28.7 Å². The van der Waals surface area contributed by atoms with E-state index >= 15 is 0 Å². The van der Waals surface area contributed by atoms with Crippen LogP contribution in [0, 0.1) is 0 Å². The van der Waals surface area contributed by atoms with Gasteiger partial charge in [0.05, 0.1) is 4.34 Å². The van der Waals surface area contributed by atoms with Crippen molar-refractivity contribution in [3.63, 3.8) is 0 Å². The Morgan fingerprint density at radius 3 is 2.48 bits per heavy atom. The number of nitrogens with one attached hydrogen (secondary N) is 1. The predicted molar refractivity (Wildman–Crippen MR) is 122 cm³/mol. The molecule has 1 fully saturated rings. The molecule has 1 saturated heterocycles. The van der Waals surface area contributed by atoms with Gasteiger partial charge in [-0.05, 0) is 48.2 Å². The molecule has 1 unspecified atom stereocenters. The monoisotopic (exact) mass is 474 g/mol. The van der Waals surface area contributed by atoms with Crippen LogP contribution in [0.3, 0.4) is 0 Å². The van der Waals surface area contributed by atoms with E-state index in [9.17, 15) is 18.0 Å². The van der Waals surface area contributed by atoms with E-state index < -0.39 is 16.1 Å². The predicted octanol–water partition coefficient (Wildman–Crippen LogP) is 4.35. The standard InChI is InChI=1S/C22H19ClN2O4S2/c23-20-11-12-21(30-20)31(28,29)24-19-6-3-13-25(22(19)27)17-9-7-15(8-10-17)18-5-2-1-4-16(18)14-26/h1-2,4-5,7-12,14,19,24H,3,6,13H2. The van der Waals surface area contributed by atoms with Crippen molar-refractivity contribution in [3.05, 3.63) is 70.6 Å². The minimum Gasteiger partial charge on any atom is -0.311 e. The lowest BCUT2D eigenvalue weighted by atomic mass is 9.99. The summed E-state index contributed by atoms with van der Waals surface area (Å²) in [6.07, 6.45) is 1.91. The normalized spacial score (nSPS) is 17.0. The zero-order chi connectivity index (χ0) is 22.0. The van der Waals surface area contributed by atoms with Gasteiger partial charge in [0, 0.05) is 17.8 Å². The number of nitrogens with zero attached hydrogens (tertiary/aromatic N) is 1. The summed E-state index contributed by atoms with van der Waals surface area (Å²) in [5, 5.41) is 0. The Labute approximate surface area is 189 Å². The van der Waals surface area contributed by atoms with Crippen LogP contribution in [0.1, 0.15) is 23.2 Å². The number of hydrogen-bond donors (Lipinski definition) is 1. The molecule has 1 aliphatic heterocycles. The van der Waals surface area contributed by atoms with Crippen LogP contribution in [0.5, 0.6) is 0 Å². The van der Waals surface area contributed by atoms with E-state index in [2.05, 4.69) is 4.72 Å². The number of carbonyl (C=O) groups excluding carboxylic acids is 2. The third-order valence-electron chi connectivity index (χ3n) is 5.13. The zero-order valence-electron chi connectivity index (χ0n) is 16.3. The Balaban J connectivity index is 1.53. The molecule has 160 valence electrons. The van der Waals surface area contributed by atoms with Gasteiger partial charge < -0.3 is 4.90 Å². The highest BCUT2D eigenvalue weighted by Crippen LogP contribution is 2.29. The van der Waals surface area contributed by atoms with E-state index in [1.54, 1.807) is 17.0 Å².